The average molecular weight is 357 g/mol. The number of nitrogens with one attached hydrogen (secondary N) is 2. The highest BCUT2D eigenvalue weighted by molar-refractivity contribution is 5.79. The van der Waals surface area contributed by atoms with Crippen LogP contribution in [-0.4, -0.2) is 74.6 Å². The second-order valence-electron chi connectivity index (χ2n) is 7.34. The summed E-state index contributed by atoms with van der Waals surface area (Å²) in [5.74, 6) is 1.26. The molecule has 0 aromatic carbocycles. The summed E-state index contributed by atoms with van der Waals surface area (Å²) in [5, 5.41) is 16.6. The van der Waals surface area contributed by atoms with Crippen LogP contribution in [0.2, 0.25) is 0 Å². The van der Waals surface area contributed by atoms with Crippen LogP contribution >= 0.6 is 0 Å². The number of guanidine groups is 1. The molecular weight excluding hydrogens is 316 g/mol. The molecule has 0 aliphatic carbocycles. The third-order valence-electron chi connectivity index (χ3n) is 4.21. The zero-order valence-electron chi connectivity index (χ0n) is 16.6. The summed E-state index contributed by atoms with van der Waals surface area (Å²) >= 11 is 0. The highest BCUT2D eigenvalue weighted by atomic mass is 16.5. The smallest absolute Gasteiger partial charge is 0.191 e. The molecule has 1 aliphatic heterocycles. The first-order valence-electron chi connectivity index (χ1n) is 10.1. The predicted molar refractivity (Wildman–Crippen MR) is 105 cm³/mol. The molecule has 1 unspecified atom stereocenters. The second kappa shape index (κ2) is 14.3. The van der Waals surface area contributed by atoms with Gasteiger partial charge in [0.2, 0.25) is 0 Å². The number of aliphatic imine (C=N–C) groups is 1. The molecule has 6 heteroatoms. The van der Waals surface area contributed by atoms with Gasteiger partial charge in [0.1, 0.15) is 0 Å². The molecule has 0 amide bonds. The molecule has 0 aromatic heterocycles. The molecule has 1 heterocycles. The molecule has 1 fully saturated rings. The number of likely N-dealkylation sites (tertiary alicyclic amines) is 1. The number of rotatable bonds is 11. The minimum Gasteiger partial charge on any atom is -0.389 e. The summed E-state index contributed by atoms with van der Waals surface area (Å²) in [6.07, 6.45) is 6.02. The Morgan fingerprint density at radius 2 is 1.84 bits per heavy atom. The van der Waals surface area contributed by atoms with Gasteiger partial charge in [-0.3, -0.25) is 4.99 Å². The van der Waals surface area contributed by atoms with Crippen molar-refractivity contribution in [3.05, 3.63) is 0 Å². The van der Waals surface area contributed by atoms with Gasteiger partial charge < -0.3 is 25.4 Å². The van der Waals surface area contributed by atoms with E-state index in [0.29, 0.717) is 25.7 Å². The van der Waals surface area contributed by atoms with Gasteiger partial charge in [0, 0.05) is 19.7 Å². The minimum absolute atomic E-state index is 0.343. The van der Waals surface area contributed by atoms with E-state index in [2.05, 4.69) is 41.3 Å². The van der Waals surface area contributed by atoms with Gasteiger partial charge in [-0.15, -0.1) is 0 Å². The van der Waals surface area contributed by atoms with Crippen molar-refractivity contribution in [1.82, 2.24) is 15.5 Å². The van der Waals surface area contributed by atoms with Gasteiger partial charge >= 0.3 is 0 Å². The first kappa shape index (κ1) is 22.2. The molecule has 3 N–H and O–H groups in total. The fourth-order valence-corrected chi connectivity index (χ4v) is 2.90. The molecule has 1 aliphatic rings. The third-order valence-corrected chi connectivity index (χ3v) is 4.21. The van der Waals surface area contributed by atoms with Crippen LogP contribution < -0.4 is 10.6 Å². The number of hydrogen-bond acceptors (Lipinski definition) is 4. The molecule has 1 atom stereocenters. The molecule has 148 valence electrons. The summed E-state index contributed by atoms with van der Waals surface area (Å²) < 4.78 is 5.46. The van der Waals surface area contributed by atoms with E-state index in [-0.39, 0.29) is 0 Å². The number of nitrogens with zero attached hydrogens (tertiary/aromatic N) is 2. The molecule has 0 saturated carbocycles. The first-order valence-corrected chi connectivity index (χ1v) is 10.1. The zero-order valence-corrected chi connectivity index (χ0v) is 16.6. The number of aliphatic hydroxyl groups excluding tert-OH is 1. The molecule has 0 spiro atoms. The van der Waals surface area contributed by atoms with E-state index < -0.39 is 6.10 Å². The molecule has 25 heavy (non-hydrogen) atoms. The normalized spacial score (nSPS) is 18.2. The molecule has 6 nitrogen and oxygen atoms in total. The largest absolute Gasteiger partial charge is 0.389 e. The molecular formula is C19H40N4O2. The van der Waals surface area contributed by atoms with Crippen molar-refractivity contribution in [2.75, 3.05) is 52.5 Å². The van der Waals surface area contributed by atoms with Gasteiger partial charge in [0.25, 0.3) is 0 Å². The van der Waals surface area contributed by atoms with Crippen LogP contribution in [0.1, 0.15) is 52.9 Å². The van der Waals surface area contributed by atoms with Crippen molar-refractivity contribution in [2.24, 2.45) is 10.9 Å². The highest BCUT2D eigenvalue weighted by Gasteiger charge is 2.09. The van der Waals surface area contributed by atoms with Crippen molar-refractivity contribution in [1.29, 1.82) is 0 Å². The van der Waals surface area contributed by atoms with E-state index in [9.17, 15) is 5.11 Å². The van der Waals surface area contributed by atoms with Crippen LogP contribution in [0.3, 0.4) is 0 Å². The van der Waals surface area contributed by atoms with E-state index in [0.717, 1.165) is 32.0 Å². The van der Waals surface area contributed by atoms with Gasteiger partial charge in [-0.25, -0.2) is 0 Å². The standard InChI is InChI=1S/C19H40N4O2/c1-4-20-19(22-14-18(24)16-25-15-17(2)3)21-10-9-13-23-11-7-5-6-8-12-23/h17-18,24H,4-16H2,1-3H3,(H2,20,21,22). The molecule has 0 radical (unpaired) electrons. The lowest BCUT2D eigenvalue weighted by molar-refractivity contribution is 0.0301. The Kier molecular flexibility index (Phi) is 12.7. The molecule has 1 rings (SSSR count). The number of aliphatic hydroxyl groups is 1. The maximum absolute atomic E-state index is 9.95. The van der Waals surface area contributed by atoms with Crippen LogP contribution in [0, 0.1) is 5.92 Å². The Labute approximate surface area is 154 Å². The van der Waals surface area contributed by atoms with Crippen molar-refractivity contribution >= 4 is 5.96 Å². The van der Waals surface area contributed by atoms with E-state index in [1.54, 1.807) is 0 Å². The summed E-state index contributed by atoms with van der Waals surface area (Å²) in [7, 11) is 0. The van der Waals surface area contributed by atoms with Crippen LogP contribution in [0.5, 0.6) is 0 Å². The Morgan fingerprint density at radius 1 is 1.12 bits per heavy atom. The van der Waals surface area contributed by atoms with Gasteiger partial charge in [-0.2, -0.15) is 0 Å². The zero-order chi connectivity index (χ0) is 18.3. The maximum Gasteiger partial charge on any atom is 0.191 e. The second-order valence-corrected chi connectivity index (χ2v) is 7.34. The molecule has 0 bridgehead atoms. The summed E-state index contributed by atoms with van der Waals surface area (Å²) in [5.41, 5.74) is 0. The first-order chi connectivity index (χ1) is 12.1. The fourth-order valence-electron chi connectivity index (χ4n) is 2.90. The monoisotopic (exact) mass is 356 g/mol. The van der Waals surface area contributed by atoms with Gasteiger partial charge in [0.05, 0.1) is 19.3 Å². The lowest BCUT2D eigenvalue weighted by atomic mass is 10.2. The van der Waals surface area contributed by atoms with Crippen LogP contribution in [0.4, 0.5) is 0 Å². The van der Waals surface area contributed by atoms with E-state index in [4.69, 9.17) is 4.74 Å². The van der Waals surface area contributed by atoms with E-state index in [1.165, 1.54) is 38.8 Å². The van der Waals surface area contributed by atoms with E-state index in [1.807, 2.05) is 0 Å². The predicted octanol–water partition coefficient (Wildman–Crippen LogP) is 1.84. The highest BCUT2D eigenvalue weighted by Crippen LogP contribution is 2.09. The summed E-state index contributed by atoms with van der Waals surface area (Å²) in [6.45, 7) is 13.0. The van der Waals surface area contributed by atoms with Crippen molar-refractivity contribution < 1.29 is 9.84 Å². The summed E-state index contributed by atoms with van der Waals surface area (Å²) in [6, 6.07) is 0. The Morgan fingerprint density at radius 3 is 2.48 bits per heavy atom. The van der Waals surface area contributed by atoms with Crippen molar-refractivity contribution in [3.63, 3.8) is 0 Å². The van der Waals surface area contributed by atoms with Crippen LogP contribution in [-0.2, 0) is 4.74 Å². The lowest BCUT2D eigenvalue weighted by Gasteiger charge is -2.20. The fraction of sp³-hybridized carbons (Fsp3) is 0.947. The third kappa shape index (κ3) is 12.2. The van der Waals surface area contributed by atoms with Crippen molar-refractivity contribution in [2.45, 2.75) is 59.0 Å². The maximum atomic E-state index is 9.95. The average Bonchev–Trinajstić information content (AvgIpc) is 2.85. The Balaban J connectivity index is 2.20. The topological polar surface area (TPSA) is 69.1 Å². The molecule has 0 aromatic rings. The van der Waals surface area contributed by atoms with Crippen LogP contribution in [0.25, 0.3) is 0 Å². The Hall–Kier alpha value is -0.850. The van der Waals surface area contributed by atoms with Gasteiger partial charge in [0.15, 0.2) is 5.96 Å². The summed E-state index contributed by atoms with van der Waals surface area (Å²) in [4.78, 5) is 7.04. The lowest BCUT2D eigenvalue weighted by Crippen LogP contribution is -2.39. The van der Waals surface area contributed by atoms with Crippen LogP contribution in [0.15, 0.2) is 4.99 Å². The van der Waals surface area contributed by atoms with Crippen molar-refractivity contribution in [3.8, 4) is 0 Å². The molecule has 1 saturated heterocycles. The number of hydrogen-bond donors (Lipinski definition) is 3. The van der Waals surface area contributed by atoms with Gasteiger partial charge in [-0.1, -0.05) is 26.7 Å². The van der Waals surface area contributed by atoms with E-state index >= 15 is 0 Å². The SMILES string of the molecule is CCNC(=NCC(O)COCC(C)C)NCCCN1CCCCCC1. The minimum atomic E-state index is -0.550. The number of ether oxygens (including phenoxy) is 1. The Bertz CT molecular complexity index is 342. The van der Waals surface area contributed by atoms with Gasteiger partial charge in [-0.05, 0) is 51.7 Å². The quantitative estimate of drug-likeness (QED) is 0.299.